The third-order valence-corrected chi connectivity index (χ3v) is 5.43. The fraction of sp³-hybridized carbons (Fsp3) is 0.706. The first-order valence-electron chi connectivity index (χ1n) is 8.44. The first-order chi connectivity index (χ1) is 11.0. The standard InChI is InChI=1S/C17H24N4O2/c1-11-6-14(4-5-23-11)21-8-13-7-18-12(2)19-15(13)17(16(21)22)9-20(3)10-17/h7,11,14H,4-6,8-10H2,1-3H3/t11-,14-/m1/s1. The maximum Gasteiger partial charge on any atom is 0.238 e. The number of nitrogens with zero attached hydrogens (tertiary/aromatic N) is 4. The summed E-state index contributed by atoms with van der Waals surface area (Å²) in [5.74, 6) is 0.999. The van der Waals surface area contributed by atoms with Crippen LogP contribution in [0.15, 0.2) is 6.20 Å². The van der Waals surface area contributed by atoms with Crippen LogP contribution in [0.2, 0.25) is 0 Å². The molecular formula is C17H24N4O2. The summed E-state index contributed by atoms with van der Waals surface area (Å²) in [5.41, 5.74) is 1.62. The van der Waals surface area contributed by atoms with Crippen molar-refractivity contribution in [3.8, 4) is 0 Å². The minimum atomic E-state index is -0.461. The van der Waals surface area contributed by atoms with Gasteiger partial charge in [-0.3, -0.25) is 4.79 Å². The van der Waals surface area contributed by atoms with Crippen LogP contribution >= 0.6 is 0 Å². The van der Waals surface area contributed by atoms with Crippen LogP contribution < -0.4 is 0 Å². The van der Waals surface area contributed by atoms with Gasteiger partial charge in [0, 0.05) is 44.0 Å². The molecule has 0 unspecified atom stereocenters. The van der Waals surface area contributed by atoms with E-state index in [-0.39, 0.29) is 18.1 Å². The maximum absolute atomic E-state index is 13.4. The molecule has 1 amide bonds. The predicted octanol–water partition coefficient (Wildman–Crippen LogP) is 0.878. The number of hydrogen-bond donors (Lipinski definition) is 0. The second-order valence-electron chi connectivity index (χ2n) is 7.34. The van der Waals surface area contributed by atoms with E-state index in [0.29, 0.717) is 6.54 Å². The number of likely N-dealkylation sites (tertiary alicyclic amines) is 1. The Morgan fingerprint density at radius 3 is 2.87 bits per heavy atom. The second-order valence-corrected chi connectivity index (χ2v) is 7.34. The Hall–Kier alpha value is -1.53. The van der Waals surface area contributed by atoms with Crippen molar-refractivity contribution in [1.29, 1.82) is 0 Å². The molecule has 2 atom stereocenters. The van der Waals surface area contributed by atoms with Gasteiger partial charge in [0.15, 0.2) is 0 Å². The average molecular weight is 316 g/mol. The molecule has 23 heavy (non-hydrogen) atoms. The molecule has 1 aromatic heterocycles. The number of rotatable bonds is 1. The summed E-state index contributed by atoms with van der Waals surface area (Å²) in [5, 5.41) is 0. The molecule has 0 saturated carbocycles. The fourth-order valence-corrected chi connectivity index (χ4v) is 4.37. The topological polar surface area (TPSA) is 58.6 Å². The zero-order valence-electron chi connectivity index (χ0n) is 14.1. The zero-order valence-corrected chi connectivity index (χ0v) is 14.1. The van der Waals surface area contributed by atoms with Gasteiger partial charge in [0.2, 0.25) is 5.91 Å². The van der Waals surface area contributed by atoms with Crippen LogP contribution in [0.5, 0.6) is 0 Å². The van der Waals surface area contributed by atoms with Crippen LogP contribution in [0, 0.1) is 6.92 Å². The zero-order chi connectivity index (χ0) is 16.2. The number of carbonyl (C=O) groups excluding carboxylic acids is 1. The van der Waals surface area contributed by atoms with E-state index in [1.165, 1.54) is 0 Å². The minimum Gasteiger partial charge on any atom is -0.378 e. The molecule has 0 radical (unpaired) electrons. The first kappa shape index (κ1) is 15.0. The van der Waals surface area contributed by atoms with Crippen molar-refractivity contribution >= 4 is 5.91 Å². The van der Waals surface area contributed by atoms with Crippen molar-refractivity contribution in [2.75, 3.05) is 26.7 Å². The monoisotopic (exact) mass is 316 g/mol. The Balaban J connectivity index is 1.72. The van der Waals surface area contributed by atoms with Crippen molar-refractivity contribution in [3.63, 3.8) is 0 Å². The predicted molar refractivity (Wildman–Crippen MR) is 84.9 cm³/mol. The number of aromatic nitrogens is 2. The highest BCUT2D eigenvalue weighted by molar-refractivity contribution is 5.91. The Bertz CT molecular complexity index is 641. The minimum absolute atomic E-state index is 0.220. The number of hydrogen-bond acceptors (Lipinski definition) is 5. The van der Waals surface area contributed by atoms with Gasteiger partial charge in [-0.15, -0.1) is 0 Å². The summed E-state index contributed by atoms with van der Waals surface area (Å²) in [6.07, 6.45) is 3.97. The molecule has 0 aromatic carbocycles. The van der Waals surface area contributed by atoms with Gasteiger partial charge in [0.05, 0.1) is 11.8 Å². The van der Waals surface area contributed by atoms with Crippen molar-refractivity contribution in [3.05, 3.63) is 23.3 Å². The van der Waals surface area contributed by atoms with Crippen molar-refractivity contribution in [2.45, 2.75) is 50.8 Å². The molecule has 4 heterocycles. The molecular weight excluding hydrogens is 292 g/mol. The van der Waals surface area contributed by atoms with E-state index in [0.717, 1.165) is 49.6 Å². The van der Waals surface area contributed by atoms with E-state index in [1.807, 2.05) is 13.1 Å². The van der Waals surface area contributed by atoms with Gasteiger partial charge in [-0.1, -0.05) is 0 Å². The van der Waals surface area contributed by atoms with Crippen molar-refractivity contribution in [2.24, 2.45) is 0 Å². The Labute approximate surface area is 136 Å². The maximum atomic E-state index is 13.4. The van der Waals surface area contributed by atoms with Crippen LogP contribution in [0.1, 0.15) is 36.8 Å². The summed E-state index contributed by atoms with van der Waals surface area (Å²) in [7, 11) is 2.06. The van der Waals surface area contributed by atoms with Gasteiger partial charge in [0.1, 0.15) is 11.2 Å². The molecule has 2 saturated heterocycles. The van der Waals surface area contributed by atoms with Crippen LogP contribution in [0.4, 0.5) is 0 Å². The first-order valence-corrected chi connectivity index (χ1v) is 8.44. The van der Waals surface area contributed by atoms with Crippen LogP contribution in [-0.2, 0) is 21.5 Å². The van der Waals surface area contributed by atoms with E-state index in [1.54, 1.807) is 0 Å². The summed E-state index contributed by atoms with van der Waals surface area (Å²) in [6.45, 7) is 6.87. The normalized spacial score (nSPS) is 30.2. The van der Waals surface area contributed by atoms with E-state index >= 15 is 0 Å². The molecule has 6 nitrogen and oxygen atoms in total. The second kappa shape index (κ2) is 5.24. The molecule has 6 heteroatoms. The number of amides is 1. The third-order valence-electron chi connectivity index (χ3n) is 5.43. The highest BCUT2D eigenvalue weighted by Gasteiger charge is 2.56. The van der Waals surface area contributed by atoms with Crippen LogP contribution in [0.3, 0.4) is 0 Å². The lowest BCUT2D eigenvalue weighted by atomic mass is 9.71. The molecule has 0 N–H and O–H groups in total. The quantitative estimate of drug-likeness (QED) is 0.770. The molecule has 3 aliphatic heterocycles. The smallest absolute Gasteiger partial charge is 0.238 e. The fourth-order valence-electron chi connectivity index (χ4n) is 4.37. The van der Waals surface area contributed by atoms with Gasteiger partial charge in [-0.25, -0.2) is 9.97 Å². The molecule has 124 valence electrons. The summed E-state index contributed by atoms with van der Waals surface area (Å²) < 4.78 is 5.66. The van der Waals surface area contributed by atoms with Crippen molar-refractivity contribution in [1.82, 2.24) is 19.8 Å². The number of aryl methyl sites for hydroxylation is 1. The lowest BCUT2D eigenvalue weighted by Crippen LogP contribution is -2.69. The van der Waals surface area contributed by atoms with Gasteiger partial charge >= 0.3 is 0 Å². The highest BCUT2D eigenvalue weighted by Crippen LogP contribution is 2.41. The summed E-state index contributed by atoms with van der Waals surface area (Å²) in [4.78, 5) is 26.6. The third kappa shape index (κ3) is 2.27. The van der Waals surface area contributed by atoms with E-state index in [2.05, 4.69) is 33.7 Å². The van der Waals surface area contributed by atoms with Gasteiger partial charge < -0.3 is 14.5 Å². The molecule has 4 rings (SSSR count). The van der Waals surface area contributed by atoms with E-state index in [4.69, 9.17) is 4.74 Å². The van der Waals surface area contributed by atoms with Gasteiger partial charge in [-0.05, 0) is 33.7 Å². The average Bonchev–Trinajstić information content (AvgIpc) is 2.49. The van der Waals surface area contributed by atoms with E-state index < -0.39 is 5.41 Å². The number of carbonyl (C=O) groups is 1. The van der Waals surface area contributed by atoms with Crippen LogP contribution in [-0.4, -0.2) is 64.6 Å². The van der Waals surface area contributed by atoms with Crippen LogP contribution in [0.25, 0.3) is 0 Å². The summed E-state index contributed by atoms with van der Waals surface area (Å²) >= 11 is 0. The SMILES string of the molecule is Cc1ncc2c(n1)C1(CN(C)C1)C(=O)N([C@@H]1CCO[C@H](C)C1)C2. The largest absolute Gasteiger partial charge is 0.378 e. The molecule has 3 aliphatic rings. The summed E-state index contributed by atoms with van der Waals surface area (Å²) in [6, 6.07) is 0.267. The molecule has 2 fully saturated rings. The van der Waals surface area contributed by atoms with Crippen molar-refractivity contribution < 1.29 is 9.53 Å². The van der Waals surface area contributed by atoms with Gasteiger partial charge in [-0.2, -0.15) is 0 Å². The molecule has 1 aromatic rings. The highest BCUT2D eigenvalue weighted by atomic mass is 16.5. The van der Waals surface area contributed by atoms with E-state index in [9.17, 15) is 4.79 Å². The lowest BCUT2D eigenvalue weighted by Gasteiger charge is -2.53. The Morgan fingerprint density at radius 1 is 1.39 bits per heavy atom. The molecule has 1 spiro atoms. The molecule has 0 aliphatic carbocycles. The van der Waals surface area contributed by atoms with Gasteiger partial charge in [0.25, 0.3) is 0 Å². The number of ether oxygens (including phenoxy) is 1. The Morgan fingerprint density at radius 2 is 2.17 bits per heavy atom. The Kier molecular flexibility index (Phi) is 3.43. The molecule has 0 bridgehead atoms. The number of fused-ring (bicyclic) bond motifs is 2. The lowest BCUT2D eigenvalue weighted by molar-refractivity contribution is -0.152. The number of likely N-dealkylation sites (N-methyl/N-ethyl adjacent to an activating group) is 1.